The predicted molar refractivity (Wildman–Crippen MR) is 121 cm³/mol. The number of esters is 1. The minimum atomic E-state index is -0.595. The van der Waals surface area contributed by atoms with Crippen LogP contribution in [0, 0.1) is 34.5 Å². The molecule has 4 nitrogen and oxygen atoms in total. The van der Waals surface area contributed by atoms with E-state index in [0.717, 1.165) is 44.9 Å². The summed E-state index contributed by atoms with van der Waals surface area (Å²) < 4.78 is 5.22. The number of aliphatic hydroxyl groups is 1. The van der Waals surface area contributed by atoms with Crippen molar-refractivity contribution in [1.82, 2.24) is 0 Å². The Labute approximate surface area is 188 Å². The minimum absolute atomic E-state index is 0.0143. The number of hydrogen-bond donors (Lipinski definition) is 1. The standard InChI is InChI=1S/C27H42O4/c1-5-24(29)31-15-7-6-12-27(30)14-11-22-21-9-8-19-17-20(28)16-18(2)26(19,4)23(21)10-13-25(22,27)3/h17-18,21-23,30H,5-16H2,1-4H3/t18?,21-,22-,23+,25-,26-,27?/m0/s1. The van der Waals surface area contributed by atoms with Crippen LogP contribution in [0.4, 0.5) is 0 Å². The van der Waals surface area contributed by atoms with Gasteiger partial charge in [0, 0.05) is 12.8 Å². The van der Waals surface area contributed by atoms with Crippen LogP contribution >= 0.6 is 0 Å². The normalized spacial score (nSPS) is 44.2. The van der Waals surface area contributed by atoms with Crippen molar-refractivity contribution in [3.63, 3.8) is 0 Å². The average Bonchev–Trinajstić information content (AvgIpc) is 3.00. The van der Waals surface area contributed by atoms with Gasteiger partial charge in [-0.15, -0.1) is 0 Å². The van der Waals surface area contributed by atoms with Crippen molar-refractivity contribution in [2.75, 3.05) is 6.61 Å². The van der Waals surface area contributed by atoms with Crippen molar-refractivity contribution in [3.05, 3.63) is 11.6 Å². The van der Waals surface area contributed by atoms with E-state index >= 15 is 0 Å². The summed E-state index contributed by atoms with van der Waals surface area (Å²) in [5.74, 6) is 2.49. The molecule has 0 aromatic rings. The first-order valence-corrected chi connectivity index (χ1v) is 12.8. The summed E-state index contributed by atoms with van der Waals surface area (Å²) in [6.45, 7) is 9.38. The summed E-state index contributed by atoms with van der Waals surface area (Å²) in [5.41, 5.74) is 0.959. The first kappa shape index (κ1) is 23.0. The highest BCUT2D eigenvalue weighted by atomic mass is 16.5. The second kappa shape index (κ2) is 8.32. The largest absolute Gasteiger partial charge is 0.466 e. The molecule has 4 heteroatoms. The summed E-state index contributed by atoms with van der Waals surface area (Å²) in [5, 5.41) is 11.8. The second-order valence-electron chi connectivity index (χ2n) is 11.5. The van der Waals surface area contributed by atoms with Crippen LogP contribution in [-0.2, 0) is 14.3 Å². The summed E-state index contributed by atoms with van der Waals surface area (Å²) in [7, 11) is 0. The van der Waals surface area contributed by atoms with E-state index in [4.69, 9.17) is 4.74 Å². The molecule has 31 heavy (non-hydrogen) atoms. The van der Waals surface area contributed by atoms with E-state index in [1.807, 2.05) is 13.0 Å². The maximum Gasteiger partial charge on any atom is 0.305 e. The van der Waals surface area contributed by atoms with E-state index in [2.05, 4.69) is 20.8 Å². The Balaban J connectivity index is 1.46. The Bertz CT molecular complexity index is 756. The predicted octanol–water partition coefficient (Wildman–Crippen LogP) is 5.62. The average molecular weight is 431 g/mol. The van der Waals surface area contributed by atoms with Crippen molar-refractivity contribution in [1.29, 1.82) is 0 Å². The zero-order valence-electron chi connectivity index (χ0n) is 20.0. The van der Waals surface area contributed by atoms with E-state index in [9.17, 15) is 14.7 Å². The molecule has 4 aliphatic rings. The first-order valence-electron chi connectivity index (χ1n) is 12.8. The summed E-state index contributed by atoms with van der Waals surface area (Å²) in [6, 6.07) is 0. The molecule has 3 fully saturated rings. The van der Waals surface area contributed by atoms with Gasteiger partial charge >= 0.3 is 5.97 Å². The summed E-state index contributed by atoms with van der Waals surface area (Å²) >= 11 is 0. The lowest BCUT2D eigenvalue weighted by atomic mass is 9.44. The van der Waals surface area contributed by atoms with E-state index in [1.165, 1.54) is 18.4 Å². The quantitative estimate of drug-likeness (QED) is 0.439. The van der Waals surface area contributed by atoms with Crippen LogP contribution in [0.15, 0.2) is 11.6 Å². The van der Waals surface area contributed by atoms with Crippen LogP contribution in [0.5, 0.6) is 0 Å². The number of hydrogen-bond acceptors (Lipinski definition) is 4. The fourth-order valence-corrected chi connectivity index (χ4v) is 8.27. The fraction of sp³-hybridized carbons (Fsp3) is 0.852. The van der Waals surface area contributed by atoms with Gasteiger partial charge < -0.3 is 9.84 Å². The van der Waals surface area contributed by atoms with Gasteiger partial charge in [-0.05, 0) is 98.4 Å². The number of ether oxygens (including phenoxy) is 1. The number of ketones is 1. The summed E-state index contributed by atoms with van der Waals surface area (Å²) in [6.07, 6.45) is 12.2. The zero-order valence-corrected chi connectivity index (χ0v) is 20.0. The molecule has 7 atom stereocenters. The highest BCUT2D eigenvalue weighted by molar-refractivity contribution is 5.92. The molecule has 3 saturated carbocycles. The molecule has 0 aromatic carbocycles. The molecule has 4 rings (SSSR count). The molecule has 0 amide bonds. The van der Waals surface area contributed by atoms with Gasteiger partial charge in [-0.2, -0.15) is 0 Å². The van der Waals surface area contributed by atoms with Crippen molar-refractivity contribution in [2.45, 2.75) is 104 Å². The number of carbonyl (C=O) groups excluding carboxylic acids is 2. The van der Waals surface area contributed by atoms with Crippen molar-refractivity contribution in [2.24, 2.45) is 34.5 Å². The van der Waals surface area contributed by atoms with Crippen LogP contribution in [0.25, 0.3) is 0 Å². The number of carbonyl (C=O) groups is 2. The Morgan fingerprint density at radius 3 is 2.65 bits per heavy atom. The lowest BCUT2D eigenvalue weighted by Gasteiger charge is -2.60. The highest BCUT2D eigenvalue weighted by Gasteiger charge is 2.64. The smallest absolute Gasteiger partial charge is 0.305 e. The van der Waals surface area contributed by atoms with Crippen LogP contribution in [0.3, 0.4) is 0 Å². The number of allylic oxidation sites excluding steroid dienone is 1. The van der Waals surface area contributed by atoms with Gasteiger partial charge in [-0.25, -0.2) is 0 Å². The van der Waals surface area contributed by atoms with E-state index in [0.29, 0.717) is 48.9 Å². The third kappa shape index (κ3) is 3.61. The van der Waals surface area contributed by atoms with Crippen LogP contribution in [0.1, 0.15) is 98.3 Å². The summed E-state index contributed by atoms with van der Waals surface area (Å²) in [4.78, 5) is 23.6. The third-order valence-electron chi connectivity index (χ3n) is 10.4. The van der Waals surface area contributed by atoms with Gasteiger partial charge in [0.1, 0.15) is 0 Å². The number of unbranched alkanes of at least 4 members (excludes halogenated alkanes) is 1. The molecule has 0 spiro atoms. The van der Waals surface area contributed by atoms with Gasteiger partial charge in [0.05, 0.1) is 12.2 Å². The molecule has 0 bridgehead atoms. The number of rotatable bonds is 6. The van der Waals surface area contributed by atoms with Gasteiger partial charge in [0.25, 0.3) is 0 Å². The van der Waals surface area contributed by atoms with Crippen LogP contribution in [0.2, 0.25) is 0 Å². The third-order valence-corrected chi connectivity index (χ3v) is 10.4. The lowest BCUT2D eigenvalue weighted by Crippen LogP contribution is -2.56. The van der Waals surface area contributed by atoms with E-state index in [1.54, 1.807) is 0 Å². The molecule has 0 heterocycles. The highest BCUT2D eigenvalue weighted by Crippen LogP contribution is 2.68. The minimum Gasteiger partial charge on any atom is -0.466 e. The zero-order chi connectivity index (χ0) is 22.4. The topological polar surface area (TPSA) is 63.6 Å². The lowest BCUT2D eigenvalue weighted by molar-refractivity contribution is -0.144. The molecule has 2 unspecified atom stereocenters. The van der Waals surface area contributed by atoms with E-state index in [-0.39, 0.29) is 16.8 Å². The first-order chi connectivity index (χ1) is 14.7. The molecule has 4 aliphatic carbocycles. The fourth-order valence-electron chi connectivity index (χ4n) is 8.27. The Kier molecular flexibility index (Phi) is 6.17. The Hall–Kier alpha value is -1.16. The molecule has 0 aliphatic heterocycles. The molecular weight excluding hydrogens is 388 g/mol. The SMILES string of the molecule is CCC(=O)OCCCCC1(O)CC[C@H]2[C@@H]3CCC4=CC(=O)CC(C)[C@]4(C)[C@@H]3CC[C@@]21C. The van der Waals surface area contributed by atoms with Crippen molar-refractivity contribution >= 4 is 11.8 Å². The molecule has 0 radical (unpaired) electrons. The van der Waals surface area contributed by atoms with Gasteiger partial charge in [0.15, 0.2) is 5.78 Å². The molecule has 1 N–H and O–H groups in total. The Morgan fingerprint density at radius 2 is 1.90 bits per heavy atom. The molecular formula is C27H42O4. The van der Waals surface area contributed by atoms with Gasteiger partial charge in [0.2, 0.25) is 0 Å². The van der Waals surface area contributed by atoms with Gasteiger partial charge in [-0.3, -0.25) is 9.59 Å². The van der Waals surface area contributed by atoms with E-state index < -0.39 is 5.60 Å². The van der Waals surface area contributed by atoms with Gasteiger partial charge in [-0.1, -0.05) is 33.3 Å². The molecule has 0 aromatic heterocycles. The molecule has 0 saturated heterocycles. The van der Waals surface area contributed by atoms with Crippen LogP contribution in [-0.4, -0.2) is 29.1 Å². The monoisotopic (exact) mass is 430 g/mol. The van der Waals surface area contributed by atoms with Crippen molar-refractivity contribution < 1.29 is 19.4 Å². The Morgan fingerprint density at radius 1 is 1.16 bits per heavy atom. The second-order valence-corrected chi connectivity index (χ2v) is 11.5. The maximum atomic E-state index is 12.2. The van der Waals surface area contributed by atoms with Crippen molar-refractivity contribution in [3.8, 4) is 0 Å². The number of fused-ring (bicyclic) bond motifs is 5. The van der Waals surface area contributed by atoms with Crippen LogP contribution < -0.4 is 0 Å². The maximum absolute atomic E-state index is 12.2. The molecule has 174 valence electrons.